The van der Waals surface area contributed by atoms with Crippen molar-refractivity contribution in [3.8, 4) is 0 Å². The molecule has 0 saturated carbocycles. The van der Waals surface area contributed by atoms with Crippen molar-refractivity contribution in [1.29, 1.82) is 0 Å². The zero-order chi connectivity index (χ0) is 14.4. The highest BCUT2D eigenvalue weighted by Gasteiger charge is 2.09. The third-order valence-electron chi connectivity index (χ3n) is 2.57. The molecule has 0 aliphatic rings. The quantitative estimate of drug-likeness (QED) is 0.674. The van der Waals surface area contributed by atoms with Crippen LogP contribution in [0.2, 0.25) is 0 Å². The van der Waals surface area contributed by atoms with Crippen LogP contribution in [0.5, 0.6) is 0 Å². The SMILES string of the molecule is O=C(CCC(=O)c1cccnc1)Nc1ccc(Br)nc1. The second-order valence-electron chi connectivity index (χ2n) is 4.08. The van der Waals surface area contributed by atoms with Crippen LogP contribution in [-0.2, 0) is 4.79 Å². The number of ketones is 1. The third-order valence-corrected chi connectivity index (χ3v) is 3.04. The molecule has 2 rings (SSSR count). The summed E-state index contributed by atoms with van der Waals surface area (Å²) < 4.78 is 0.697. The van der Waals surface area contributed by atoms with Gasteiger partial charge in [-0.25, -0.2) is 4.98 Å². The van der Waals surface area contributed by atoms with Crippen LogP contribution in [0.25, 0.3) is 0 Å². The number of carbonyl (C=O) groups excluding carboxylic acids is 2. The Morgan fingerprint density at radius 1 is 1.15 bits per heavy atom. The first-order valence-corrected chi connectivity index (χ1v) is 6.79. The molecule has 2 aromatic rings. The summed E-state index contributed by atoms with van der Waals surface area (Å²) in [5.74, 6) is -0.312. The molecule has 0 aliphatic heterocycles. The van der Waals surface area contributed by atoms with Crippen molar-refractivity contribution >= 4 is 33.3 Å². The van der Waals surface area contributed by atoms with E-state index in [0.717, 1.165) is 0 Å². The average Bonchev–Trinajstić information content (AvgIpc) is 2.48. The number of aromatic nitrogens is 2. The summed E-state index contributed by atoms with van der Waals surface area (Å²) in [6.07, 6.45) is 4.93. The van der Waals surface area contributed by atoms with Crippen molar-refractivity contribution in [2.75, 3.05) is 5.32 Å². The summed E-state index contributed by atoms with van der Waals surface area (Å²) >= 11 is 3.21. The Morgan fingerprint density at radius 3 is 2.65 bits per heavy atom. The molecular formula is C14H12BrN3O2. The maximum Gasteiger partial charge on any atom is 0.224 e. The van der Waals surface area contributed by atoms with Crippen LogP contribution in [0.3, 0.4) is 0 Å². The van der Waals surface area contributed by atoms with E-state index in [9.17, 15) is 9.59 Å². The Hall–Kier alpha value is -2.08. The molecule has 6 heteroatoms. The van der Waals surface area contributed by atoms with Gasteiger partial charge in [-0.15, -0.1) is 0 Å². The van der Waals surface area contributed by atoms with E-state index < -0.39 is 0 Å². The van der Waals surface area contributed by atoms with Gasteiger partial charge in [0.25, 0.3) is 0 Å². The van der Waals surface area contributed by atoms with Gasteiger partial charge in [0.15, 0.2) is 5.78 Å². The van der Waals surface area contributed by atoms with Crippen molar-refractivity contribution in [2.24, 2.45) is 0 Å². The molecule has 0 saturated heterocycles. The van der Waals surface area contributed by atoms with Crippen molar-refractivity contribution in [1.82, 2.24) is 9.97 Å². The molecule has 2 aromatic heterocycles. The van der Waals surface area contributed by atoms with Crippen LogP contribution >= 0.6 is 15.9 Å². The molecular weight excluding hydrogens is 322 g/mol. The molecule has 1 amide bonds. The molecule has 0 unspecified atom stereocenters. The average molecular weight is 334 g/mol. The molecule has 0 radical (unpaired) electrons. The number of hydrogen-bond donors (Lipinski definition) is 1. The van der Waals surface area contributed by atoms with Crippen LogP contribution in [-0.4, -0.2) is 21.7 Å². The number of pyridine rings is 2. The Balaban J connectivity index is 1.83. The Labute approximate surface area is 124 Å². The van der Waals surface area contributed by atoms with E-state index in [4.69, 9.17) is 0 Å². The number of anilines is 1. The van der Waals surface area contributed by atoms with Crippen LogP contribution < -0.4 is 5.32 Å². The fourth-order valence-electron chi connectivity index (χ4n) is 1.57. The lowest BCUT2D eigenvalue weighted by Gasteiger charge is -2.04. The lowest BCUT2D eigenvalue weighted by Crippen LogP contribution is -2.13. The fourth-order valence-corrected chi connectivity index (χ4v) is 1.81. The summed E-state index contributed by atoms with van der Waals surface area (Å²) in [7, 11) is 0. The van der Waals surface area contributed by atoms with Crippen LogP contribution in [0.15, 0.2) is 47.5 Å². The number of Topliss-reactive ketones (excluding diaryl/α,β-unsaturated/α-hetero) is 1. The van der Waals surface area contributed by atoms with E-state index in [0.29, 0.717) is 15.9 Å². The predicted octanol–water partition coefficient (Wildman–Crippen LogP) is 2.84. The Kier molecular flexibility index (Phi) is 4.95. The minimum absolute atomic E-state index is 0.0952. The van der Waals surface area contributed by atoms with Gasteiger partial charge >= 0.3 is 0 Å². The molecule has 0 aliphatic carbocycles. The normalized spacial score (nSPS) is 10.1. The molecule has 2 heterocycles. The lowest BCUT2D eigenvalue weighted by molar-refractivity contribution is -0.116. The highest BCUT2D eigenvalue weighted by atomic mass is 79.9. The summed E-state index contributed by atoms with van der Waals surface area (Å²) in [4.78, 5) is 31.4. The highest BCUT2D eigenvalue weighted by molar-refractivity contribution is 9.10. The lowest BCUT2D eigenvalue weighted by atomic mass is 10.1. The highest BCUT2D eigenvalue weighted by Crippen LogP contribution is 2.11. The van der Waals surface area contributed by atoms with E-state index in [1.54, 1.807) is 36.7 Å². The van der Waals surface area contributed by atoms with E-state index >= 15 is 0 Å². The summed E-state index contributed by atoms with van der Waals surface area (Å²) in [6.45, 7) is 0. The molecule has 0 bridgehead atoms. The smallest absolute Gasteiger partial charge is 0.224 e. The van der Waals surface area contributed by atoms with Gasteiger partial charge in [0.2, 0.25) is 5.91 Å². The molecule has 1 N–H and O–H groups in total. The van der Waals surface area contributed by atoms with Crippen molar-refractivity contribution in [2.45, 2.75) is 12.8 Å². The molecule has 20 heavy (non-hydrogen) atoms. The van der Waals surface area contributed by atoms with Gasteiger partial charge in [-0.1, -0.05) is 0 Å². The van der Waals surface area contributed by atoms with Crippen molar-refractivity contribution in [3.63, 3.8) is 0 Å². The molecule has 0 spiro atoms. The number of halogens is 1. The number of carbonyl (C=O) groups is 2. The van der Waals surface area contributed by atoms with Gasteiger partial charge in [-0.05, 0) is 40.2 Å². The first kappa shape index (κ1) is 14.3. The Bertz CT molecular complexity index is 600. The van der Waals surface area contributed by atoms with E-state index in [1.807, 2.05) is 0 Å². The van der Waals surface area contributed by atoms with Crippen molar-refractivity contribution in [3.05, 3.63) is 53.0 Å². The summed E-state index contributed by atoms with van der Waals surface area (Å²) in [5.41, 5.74) is 1.12. The first-order valence-electron chi connectivity index (χ1n) is 6.00. The van der Waals surface area contributed by atoms with Gasteiger partial charge in [-0.2, -0.15) is 0 Å². The number of hydrogen-bond acceptors (Lipinski definition) is 4. The van der Waals surface area contributed by atoms with Crippen LogP contribution in [0.4, 0.5) is 5.69 Å². The molecule has 0 atom stereocenters. The Morgan fingerprint density at radius 2 is 2.00 bits per heavy atom. The summed E-state index contributed by atoms with van der Waals surface area (Å²) in [5, 5.41) is 2.69. The second kappa shape index (κ2) is 6.91. The van der Waals surface area contributed by atoms with Gasteiger partial charge in [0.05, 0.1) is 11.9 Å². The second-order valence-corrected chi connectivity index (χ2v) is 4.90. The third kappa shape index (κ3) is 4.24. The number of rotatable bonds is 5. The topological polar surface area (TPSA) is 72.0 Å². The van der Waals surface area contributed by atoms with E-state index in [-0.39, 0.29) is 24.5 Å². The standard InChI is InChI=1S/C14H12BrN3O2/c15-13-5-3-11(9-17-13)18-14(20)6-4-12(19)10-2-1-7-16-8-10/h1-3,5,7-9H,4,6H2,(H,18,20). The predicted molar refractivity (Wildman–Crippen MR) is 78.4 cm³/mol. The molecule has 0 fully saturated rings. The van der Waals surface area contributed by atoms with E-state index in [2.05, 4.69) is 31.2 Å². The van der Waals surface area contributed by atoms with Gasteiger partial charge in [-0.3, -0.25) is 14.6 Å². The van der Waals surface area contributed by atoms with Crippen molar-refractivity contribution < 1.29 is 9.59 Å². The minimum Gasteiger partial charge on any atom is -0.325 e. The summed E-state index contributed by atoms with van der Waals surface area (Å²) in [6, 6.07) is 6.85. The number of nitrogens with zero attached hydrogens (tertiary/aromatic N) is 2. The maximum absolute atomic E-state index is 11.8. The molecule has 5 nitrogen and oxygen atoms in total. The minimum atomic E-state index is -0.216. The van der Waals surface area contributed by atoms with Gasteiger partial charge in [0, 0.05) is 30.8 Å². The zero-order valence-corrected chi connectivity index (χ0v) is 12.1. The molecule has 102 valence electrons. The fraction of sp³-hybridized carbons (Fsp3) is 0.143. The van der Waals surface area contributed by atoms with Crippen LogP contribution in [0.1, 0.15) is 23.2 Å². The van der Waals surface area contributed by atoms with Crippen LogP contribution in [0, 0.1) is 0 Å². The molecule has 0 aromatic carbocycles. The van der Waals surface area contributed by atoms with Gasteiger partial charge < -0.3 is 5.32 Å². The zero-order valence-electron chi connectivity index (χ0n) is 10.5. The van der Waals surface area contributed by atoms with E-state index in [1.165, 1.54) is 6.20 Å². The number of amides is 1. The first-order chi connectivity index (χ1) is 9.65. The monoisotopic (exact) mass is 333 g/mol. The maximum atomic E-state index is 11.8. The number of nitrogens with one attached hydrogen (secondary N) is 1. The van der Waals surface area contributed by atoms with Gasteiger partial charge in [0.1, 0.15) is 4.60 Å². The largest absolute Gasteiger partial charge is 0.325 e.